The average Bonchev–Trinajstić information content (AvgIpc) is 2.41. The normalized spacial score (nSPS) is 24.4. The van der Waals surface area contributed by atoms with Crippen molar-refractivity contribution in [2.24, 2.45) is 11.7 Å². The van der Waals surface area contributed by atoms with E-state index < -0.39 is 0 Å². The molecule has 1 fully saturated rings. The minimum absolute atomic E-state index is 0.189. The van der Waals surface area contributed by atoms with Crippen molar-refractivity contribution >= 4 is 17.0 Å². The summed E-state index contributed by atoms with van der Waals surface area (Å²) < 4.78 is 0. The van der Waals surface area contributed by atoms with Gasteiger partial charge in [0.2, 0.25) is 5.95 Å². The van der Waals surface area contributed by atoms with E-state index in [2.05, 4.69) is 27.0 Å². The molecule has 0 aliphatic carbocycles. The van der Waals surface area contributed by atoms with Crippen molar-refractivity contribution in [2.45, 2.75) is 19.4 Å². The van der Waals surface area contributed by atoms with Gasteiger partial charge in [-0.3, -0.25) is 0 Å². The van der Waals surface area contributed by atoms with Crippen molar-refractivity contribution in [1.29, 1.82) is 0 Å². The fourth-order valence-electron chi connectivity index (χ4n) is 2.29. The molecule has 1 aliphatic rings. The number of para-hydroxylation sites is 1. The van der Waals surface area contributed by atoms with Gasteiger partial charge in [0.25, 0.3) is 0 Å². The molecule has 1 aromatic carbocycles. The molecule has 2 N–H and O–H groups in total. The number of nitrogens with two attached hydrogens (primary N) is 1. The first kappa shape index (κ1) is 11.3. The number of fused-ring (bicyclic) bond motifs is 1. The van der Waals surface area contributed by atoms with E-state index in [1.54, 1.807) is 0 Å². The van der Waals surface area contributed by atoms with Gasteiger partial charge in [-0.15, -0.1) is 10.2 Å². The maximum atomic E-state index is 6.10. The van der Waals surface area contributed by atoms with Crippen LogP contribution in [0, 0.1) is 5.92 Å². The molecule has 18 heavy (non-hydrogen) atoms. The number of hydrogen-bond acceptors (Lipinski definition) is 5. The molecule has 0 amide bonds. The highest BCUT2D eigenvalue weighted by molar-refractivity contribution is 5.74. The largest absolute Gasteiger partial charge is 0.338 e. The number of hydrogen-bond donors (Lipinski definition) is 1. The minimum Gasteiger partial charge on any atom is -0.338 e. The topological polar surface area (TPSA) is 67.9 Å². The van der Waals surface area contributed by atoms with Crippen molar-refractivity contribution in [2.75, 3.05) is 18.0 Å². The molecule has 2 aromatic rings. The summed E-state index contributed by atoms with van der Waals surface area (Å²) in [7, 11) is 0. The highest BCUT2D eigenvalue weighted by atomic mass is 15.3. The first-order chi connectivity index (χ1) is 8.74. The maximum Gasteiger partial charge on any atom is 0.245 e. The van der Waals surface area contributed by atoms with E-state index >= 15 is 0 Å². The van der Waals surface area contributed by atoms with Crippen LogP contribution < -0.4 is 10.6 Å². The first-order valence-electron chi connectivity index (χ1n) is 6.34. The molecule has 2 unspecified atom stereocenters. The Labute approximate surface area is 106 Å². The molecule has 2 heterocycles. The highest BCUT2D eigenvalue weighted by Gasteiger charge is 2.24. The zero-order valence-electron chi connectivity index (χ0n) is 10.5. The van der Waals surface area contributed by atoms with E-state index in [9.17, 15) is 0 Å². The Morgan fingerprint density at radius 3 is 2.78 bits per heavy atom. The third kappa shape index (κ3) is 2.01. The number of aromatic nitrogens is 3. The molecular formula is C13H17N5. The standard InChI is InChI=1S/C13H17N5/c1-9-6-7-18(8-10(9)14)13-15-11-4-2-3-5-12(11)16-17-13/h2-5,9-10H,6-8,14H2,1H3. The predicted molar refractivity (Wildman–Crippen MR) is 71.3 cm³/mol. The number of rotatable bonds is 1. The average molecular weight is 243 g/mol. The summed E-state index contributed by atoms with van der Waals surface area (Å²) in [6.45, 7) is 3.96. The minimum atomic E-state index is 0.189. The van der Waals surface area contributed by atoms with Crippen LogP contribution in [0.25, 0.3) is 11.0 Å². The Morgan fingerprint density at radius 2 is 2.00 bits per heavy atom. The lowest BCUT2D eigenvalue weighted by Crippen LogP contribution is -2.48. The second kappa shape index (κ2) is 4.49. The van der Waals surface area contributed by atoms with E-state index in [1.807, 2.05) is 24.3 Å². The molecule has 2 atom stereocenters. The molecule has 3 rings (SSSR count). The van der Waals surface area contributed by atoms with Crippen molar-refractivity contribution in [1.82, 2.24) is 15.2 Å². The van der Waals surface area contributed by atoms with Gasteiger partial charge in [-0.2, -0.15) is 0 Å². The highest BCUT2D eigenvalue weighted by Crippen LogP contribution is 2.20. The van der Waals surface area contributed by atoms with Crippen LogP contribution in [0.3, 0.4) is 0 Å². The summed E-state index contributed by atoms with van der Waals surface area (Å²) in [4.78, 5) is 6.68. The van der Waals surface area contributed by atoms with Gasteiger partial charge >= 0.3 is 0 Å². The Hall–Kier alpha value is -1.75. The van der Waals surface area contributed by atoms with Crippen LogP contribution in [-0.2, 0) is 0 Å². The Kier molecular flexibility index (Phi) is 2.83. The lowest BCUT2D eigenvalue weighted by atomic mass is 9.95. The fraction of sp³-hybridized carbons (Fsp3) is 0.462. The van der Waals surface area contributed by atoms with Crippen LogP contribution in [0.2, 0.25) is 0 Å². The van der Waals surface area contributed by atoms with Crippen LogP contribution in [0.1, 0.15) is 13.3 Å². The van der Waals surface area contributed by atoms with Gasteiger partial charge < -0.3 is 10.6 Å². The predicted octanol–water partition coefficient (Wildman–Crippen LogP) is 1.20. The van der Waals surface area contributed by atoms with Crippen molar-refractivity contribution in [3.63, 3.8) is 0 Å². The number of benzene rings is 1. The summed E-state index contributed by atoms with van der Waals surface area (Å²) in [5.41, 5.74) is 7.81. The van der Waals surface area contributed by atoms with Crippen molar-refractivity contribution in [3.8, 4) is 0 Å². The van der Waals surface area contributed by atoms with E-state index in [4.69, 9.17) is 5.73 Å². The van der Waals surface area contributed by atoms with Gasteiger partial charge in [0, 0.05) is 19.1 Å². The zero-order chi connectivity index (χ0) is 12.5. The second-order valence-corrected chi connectivity index (χ2v) is 4.98. The van der Waals surface area contributed by atoms with Crippen LogP contribution in [-0.4, -0.2) is 34.3 Å². The molecule has 5 nitrogen and oxygen atoms in total. The lowest BCUT2D eigenvalue weighted by Gasteiger charge is -2.34. The van der Waals surface area contributed by atoms with Gasteiger partial charge in [0.05, 0.1) is 5.52 Å². The zero-order valence-corrected chi connectivity index (χ0v) is 10.5. The maximum absolute atomic E-state index is 6.10. The van der Waals surface area contributed by atoms with E-state index in [-0.39, 0.29) is 6.04 Å². The van der Waals surface area contributed by atoms with Gasteiger partial charge in [-0.25, -0.2) is 4.98 Å². The molecule has 5 heteroatoms. The Balaban J connectivity index is 1.90. The van der Waals surface area contributed by atoms with Crippen molar-refractivity contribution in [3.05, 3.63) is 24.3 Å². The van der Waals surface area contributed by atoms with Crippen molar-refractivity contribution < 1.29 is 0 Å². The van der Waals surface area contributed by atoms with Gasteiger partial charge in [0.15, 0.2) is 0 Å². The van der Waals surface area contributed by atoms with E-state index in [0.29, 0.717) is 11.9 Å². The molecule has 1 saturated heterocycles. The summed E-state index contributed by atoms with van der Waals surface area (Å²) in [5, 5.41) is 8.40. The van der Waals surface area contributed by atoms with Crippen LogP contribution in [0.15, 0.2) is 24.3 Å². The van der Waals surface area contributed by atoms with Gasteiger partial charge in [0.1, 0.15) is 5.52 Å². The fourth-order valence-corrected chi connectivity index (χ4v) is 2.29. The van der Waals surface area contributed by atoms with E-state index in [1.165, 1.54) is 0 Å². The molecule has 0 spiro atoms. The van der Waals surface area contributed by atoms with Crippen LogP contribution in [0.4, 0.5) is 5.95 Å². The molecule has 0 saturated carbocycles. The van der Waals surface area contributed by atoms with E-state index in [0.717, 1.165) is 30.5 Å². The summed E-state index contributed by atoms with van der Waals surface area (Å²) in [5.74, 6) is 1.26. The first-order valence-corrected chi connectivity index (χ1v) is 6.34. The van der Waals surface area contributed by atoms with Crippen LogP contribution in [0.5, 0.6) is 0 Å². The monoisotopic (exact) mass is 243 g/mol. The third-order valence-electron chi connectivity index (χ3n) is 3.65. The number of piperidine rings is 1. The Bertz CT molecular complexity index is 556. The Morgan fingerprint density at radius 1 is 1.22 bits per heavy atom. The smallest absolute Gasteiger partial charge is 0.245 e. The summed E-state index contributed by atoms with van der Waals surface area (Å²) >= 11 is 0. The summed E-state index contributed by atoms with van der Waals surface area (Å²) in [6, 6.07) is 7.97. The molecule has 1 aromatic heterocycles. The molecule has 0 radical (unpaired) electrons. The number of anilines is 1. The van der Waals surface area contributed by atoms with Gasteiger partial charge in [-0.05, 0) is 24.5 Å². The second-order valence-electron chi connectivity index (χ2n) is 4.98. The SMILES string of the molecule is CC1CCN(c2nnc3ccccc3n2)CC1N. The number of nitrogens with zero attached hydrogens (tertiary/aromatic N) is 4. The van der Waals surface area contributed by atoms with Gasteiger partial charge in [-0.1, -0.05) is 19.1 Å². The molecule has 1 aliphatic heterocycles. The van der Waals surface area contributed by atoms with Crippen LogP contribution >= 0.6 is 0 Å². The quantitative estimate of drug-likeness (QED) is 0.815. The molecular weight excluding hydrogens is 226 g/mol. The lowest BCUT2D eigenvalue weighted by molar-refractivity contribution is 0.376. The summed E-state index contributed by atoms with van der Waals surface area (Å²) in [6.07, 6.45) is 1.08. The molecule has 94 valence electrons. The molecule has 0 bridgehead atoms. The third-order valence-corrected chi connectivity index (χ3v) is 3.65.